The standard InChI is InChI=1S/C17H15BrN4O2/c1-19-16(23)10-22-7-5-11-2-3-13(9-14(11)22)21-17(24)12-4-6-20-15(18)8-12/h2-9H,10H2,1H3,(H,19,23)(H,21,24). The van der Waals surface area contributed by atoms with Gasteiger partial charge in [0.25, 0.3) is 5.91 Å². The number of aromatic nitrogens is 2. The number of amides is 2. The molecule has 0 aliphatic carbocycles. The van der Waals surface area contributed by atoms with Crippen molar-refractivity contribution in [3.8, 4) is 0 Å². The molecule has 3 aromatic rings. The van der Waals surface area contributed by atoms with Crippen molar-refractivity contribution in [2.24, 2.45) is 0 Å². The molecule has 24 heavy (non-hydrogen) atoms. The molecule has 0 spiro atoms. The summed E-state index contributed by atoms with van der Waals surface area (Å²) in [6, 6.07) is 10.8. The van der Waals surface area contributed by atoms with Crippen molar-refractivity contribution in [2.45, 2.75) is 6.54 Å². The summed E-state index contributed by atoms with van der Waals surface area (Å²) in [5.74, 6) is -0.301. The predicted octanol–water partition coefficient (Wildman–Crippen LogP) is 2.80. The van der Waals surface area contributed by atoms with Crippen LogP contribution in [0.3, 0.4) is 0 Å². The second-order valence-corrected chi connectivity index (χ2v) is 6.02. The summed E-state index contributed by atoms with van der Waals surface area (Å²) in [5, 5.41) is 6.47. The van der Waals surface area contributed by atoms with Gasteiger partial charge in [0.05, 0.1) is 5.52 Å². The Morgan fingerprint density at radius 3 is 2.79 bits per heavy atom. The van der Waals surface area contributed by atoms with Crippen LogP contribution in [0.15, 0.2) is 53.4 Å². The van der Waals surface area contributed by atoms with Gasteiger partial charge in [0.1, 0.15) is 11.1 Å². The first-order valence-corrected chi connectivity index (χ1v) is 8.08. The molecule has 2 N–H and O–H groups in total. The zero-order valence-electron chi connectivity index (χ0n) is 12.9. The zero-order chi connectivity index (χ0) is 17.1. The topological polar surface area (TPSA) is 76.0 Å². The molecule has 0 aliphatic heterocycles. The van der Waals surface area contributed by atoms with Crippen LogP contribution in [0.1, 0.15) is 10.4 Å². The number of hydrogen-bond donors (Lipinski definition) is 2. The van der Waals surface area contributed by atoms with E-state index in [2.05, 4.69) is 31.5 Å². The normalized spacial score (nSPS) is 10.6. The molecule has 2 amide bonds. The molecule has 3 rings (SSSR count). The Bertz CT molecular complexity index is 920. The number of likely N-dealkylation sites (N-methyl/N-ethyl adjacent to an activating group) is 1. The van der Waals surface area contributed by atoms with Crippen molar-refractivity contribution in [3.63, 3.8) is 0 Å². The molecular formula is C17H15BrN4O2. The maximum atomic E-state index is 12.3. The van der Waals surface area contributed by atoms with Crippen molar-refractivity contribution >= 4 is 44.3 Å². The van der Waals surface area contributed by atoms with Gasteiger partial charge in [0.15, 0.2) is 0 Å². The molecule has 122 valence electrons. The second-order valence-electron chi connectivity index (χ2n) is 5.21. The molecule has 6 nitrogen and oxygen atoms in total. The summed E-state index contributed by atoms with van der Waals surface area (Å²) in [6.45, 7) is 0.231. The number of carbonyl (C=O) groups is 2. The van der Waals surface area contributed by atoms with Gasteiger partial charge in [-0.05, 0) is 51.6 Å². The summed E-state index contributed by atoms with van der Waals surface area (Å²) < 4.78 is 2.44. The van der Waals surface area contributed by atoms with Gasteiger partial charge in [-0.1, -0.05) is 6.07 Å². The molecule has 0 bridgehead atoms. The zero-order valence-corrected chi connectivity index (χ0v) is 14.5. The molecule has 0 fully saturated rings. The first-order chi connectivity index (χ1) is 11.6. The Morgan fingerprint density at radius 1 is 1.21 bits per heavy atom. The van der Waals surface area contributed by atoms with E-state index in [4.69, 9.17) is 0 Å². The van der Waals surface area contributed by atoms with Crippen LogP contribution in [-0.4, -0.2) is 28.4 Å². The van der Waals surface area contributed by atoms with E-state index < -0.39 is 0 Å². The van der Waals surface area contributed by atoms with Gasteiger partial charge in [-0.25, -0.2) is 4.98 Å². The highest BCUT2D eigenvalue weighted by Gasteiger charge is 2.09. The van der Waals surface area contributed by atoms with E-state index in [-0.39, 0.29) is 18.4 Å². The first kappa shape index (κ1) is 16.2. The maximum Gasteiger partial charge on any atom is 0.255 e. The van der Waals surface area contributed by atoms with E-state index in [1.165, 1.54) is 0 Å². The quantitative estimate of drug-likeness (QED) is 0.676. The lowest BCUT2D eigenvalue weighted by atomic mass is 10.2. The minimum Gasteiger partial charge on any atom is -0.358 e. The van der Waals surface area contributed by atoms with Crippen LogP contribution in [0, 0.1) is 0 Å². The van der Waals surface area contributed by atoms with E-state index in [0.29, 0.717) is 15.9 Å². The number of nitrogens with one attached hydrogen (secondary N) is 2. The van der Waals surface area contributed by atoms with E-state index in [1.807, 2.05) is 35.0 Å². The number of nitrogens with zero attached hydrogens (tertiary/aromatic N) is 2. The SMILES string of the molecule is CNC(=O)Cn1ccc2ccc(NC(=O)c3ccnc(Br)c3)cc21. The average molecular weight is 387 g/mol. The molecule has 0 saturated carbocycles. The van der Waals surface area contributed by atoms with E-state index in [9.17, 15) is 9.59 Å². The highest BCUT2D eigenvalue weighted by molar-refractivity contribution is 9.10. The molecule has 2 heterocycles. The molecular weight excluding hydrogens is 372 g/mol. The Labute approximate surface area is 147 Å². The molecule has 1 aromatic carbocycles. The van der Waals surface area contributed by atoms with E-state index in [1.54, 1.807) is 25.4 Å². The Balaban J connectivity index is 1.86. The van der Waals surface area contributed by atoms with Crippen LogP contribution in [0.4, 0.5) is 5.69 Å². The molecule has 0 unspecified atom stereocenters. The first-order valence-electron chi connectivity index (χ1n) is 7.29. The number of hydrogen-bond acceptors (Lipinski definition) is 3. The van der Waals surface area contributed by atoms with Crippen molar-refractivity contribution < 1.29 is 9.59 Å². The Hall–Kier alpha value is -2.67. The third kappa shape index (κ3) is 3.46. The number of fused-ring (bicyclic) bond motifs is 1. The number of pyridine rings is 1. The summed E-state index contributed by atoms with van der Waals surface area (Å²) in [4.78, 5) is 27.9. The summed E-state index contributed by atoms with van der Waals surface area (Å²) in [6.07, 6.45) is 3.42. The van der Waals surface area contributed by atoms with Gasteiger partial charge in [-0.15, -0.1) is 0 Å². The Kier molecular flexibility index (Phi) is 4.61. The Morgan fingerprint density at radius 2 is 2.04 bits per heavy atom. The van der Waals surface area contributed by atoms with E-state index >= 15 is 0 Å². The molecule has 0 atom stereocenters. The number of rotatable bonds is 4. The maximum absolute atomic E-state index is 12.3. The van der Waals surface area contributed by atoms with Gasteiger partial charge in [-0.3, -0.25) is 9.59 Å². The minimum absolute atomic E-state index is 0.0800. The lowest BCUT2D eigenvalue weighted by Gasteiger charge is -2.08. The highest BCUT2D eigenvalue weighted by Crippen LogP contribution is 2.21. The van der Waals surface area contributed by atoms with Crippen LogP contribution in [0.25, 0.3) is 10.9 Å². The molecule has 0 aliphatic rings. The van der Waals surface area contributed by atoms with Gasteiger partial charge in [-0.2, -0.15) is 0 Å². The summed E-state index contributed by atoms with van der Waals surface area (Å²) >= 11 is 3.25. The fourth-order valence-corrected chi connectivity index (χ4v) is 2.75. The van der Waals surface area contributed by atoms with Crippen LogP contribution >= 0.6 is 15.9 Å². The third-order valence-corrected chi connectivity index (χ3v) is 4.05. The van der Waals surface area contributed by atoms with Crippen molar-refractivity contribution in [1.29, 1.82) is 0 Å². The fourth-order valence-electron chi connectivity index (χ4n) is 2.38. The number of benzene rings is 1. The summed E-state index contributed by atoms with van der Waals surface area (Å²) in [5.41, 5.74) is 2.06. The van der Waals surface area contributed by atoms with Crippen LogP contribution < -0.4 is 10.6 Å². The van der Waals surface area contributed by atoms with Crippen LogP contribution in [0.2, 0.25) is 0 Å². The lowest BCUT2D eigenvalue weighted by molar-refractivity contribution is -0.121. The number of carbonyl (C=O) groups excluding carboxylic acids is 2. The van der Waals surface area contributed by atoms with Crippen molar-refractivity contribution in [3.05, 3.63) is 59.0 Å². The smallest absolute Gasteiger partial charge is 0.255 e. The van der Waals surface area contributed by atoms with Gasteiger partial charge < -0.3 is 15.2 Å². The van der Waals surface area contributed by atoms with E-state index in [0.717, 1.165) is 10.9 Å². The average Bonchev–Trinajstić information content (AvgIpc) is 2.97. The fraction of sp³-hybridized carbons (Fsp3) is 0.118. The molecule has 0 saturated heterocycles. The van der Waals surface area contributed by atoms with Crippen molar-refractivity contribution in [1.82, 2.24) is 14.9 Å². The second kappa shape index (κ2) is 6.84. The highest BCUT2D eigenvalue weighted by atomic mass is 79.9. The number of halogens is 1. The third-order valence-electron chi connectivity index (χ3n) is 3.61. The predicted molar refractivity (Wildman–Crippen MR) is 95.9 cm³/mol. The van der Waals surface area contributed by atoms with Crippen molar-refractivity contribution in [2.75, 3.05) is 12.4 Å². The monoisotopic (exact) mass is 386 g/mol. The van der Waals surface area contributed by atoms with Gasteiger partial charge >= 0.3 is 0 Å². The summed E-state index contributed by atoms with van der Waals surface area (Å²) in [7, 11) is 1.60. The molecule has 2 aromatic heterocycles. The van der Waals surface area contributed by atoms with Gasteiger partial charge in [0.2, 0.25) is 5.91 Å². The minimum atomic E-state index is -0.221. The molecule has 0 radical (unpaired) electrons. The molecule has 7 heteroatoms. The van der Waals surface area contributed by atoms with Crippen LogP contribution in [-0.2, 0) is 11.3 Å². The lowest BCUT2D eigenvalue weighted by Crippen LogP contribution is -2.23. The largest absolute Gasteiger partial charge is 0.358 e. The number of anilines is 1. The van der Waals surface area contributed by atoms with Gasteiger partial charge in [0, 0.05) is 30.7 Å². The van der Waals surface area contributed by atoms with Crippen LogP contribution in [0.5, 0.6) is 0 Å².